The van der Waals surface area contributed by atoms with Gasteiger partial charge in [0, 0.05) is 11.9 Å². The molecule has 0 saturated heterocycles. The van der Waals surface area contributed by atoms with Crippen LogP contribution in [0.1, 0.15) is 29.9 Å². The summed E-state index contributed by atoms with van der Waals surface area (Å²) in [6, 6.07) is 12.2. The molecule has 8 heteroatoms. The second-order valence-electron chi connectivity index (χ2n) is 6.06. The van der Waals surface area contributed by atoms with Crippen molar-refractivity contribution in [2.45, 2.75) is 20.4 Å². The summed E-state index contributed by atoms with van der Waals surface area (Å²) >= 11 is 0. The minimum Gasteiger partial charge on any atom is -0.493 e. The summed E-state index contributed by atoms with van der Waals surface area (Å²) in [7, 11) is 1.56. The van der Waals surface area contributed by atoms with Gasteiger partial charge in [-0.1, -0.05) is 18.2 Å². The lowest BCUT2D eigenvalue weighted by atomic mass is 10.1. The first-order chi connectivity index (χ1) is 14.1. The summed E-state index contributed by atoms with van der Waals surface area (Å²) in [5.41, 5.74) is 3.10. The Morgan fingerprint density at radius 1 is 1.17 bits per heavy atom. The topological polar surface area (TPSA) is 94.8 Å². The van der Waals surface area contributed by atoms with Gasteiger partial charge in [0.1, 0.15) is 0 Å². The van der Waals surface area contributed by atoms with Gasteiger partial charge in [-0.15, -0.1) is 0 Å². The van der Waals surface area contributed by atoms with Crippen LogP contribution in [0.25, 0.3) is 10.8 Å². The van der Waals surface area contributed by atoms with Crippen LogP contribution in [-0.2, 0) is 6.54 Å². The Kier molecular flexibility index (Phi) is 6.23. The number of aryl methyl sites for hydroxylation is 1. The maximum Gasteiger partial charge on any atom is 0.292 e. The van der Waals surface area contributed by atoms with Crippen LogP contribution in [0, 0.1) is 0 Å². The van der Waals surface area contributed by atoms with Crippen molar-refractivity contribution in [3.05, 3.63) is 64.1 Å². The van der Waals surface area contributed by atoms with Crippen LogP contribution in [-0.4, -0.2) is 35.6 Å². The van der Waals surface area contributed by atoms with Crippen LogP contribution in [0.5, 0.6) is 11.5 Å². The first-order valence-electron chi connectivity index (χ1n) is 9.23. The molecule has 0 atom stereocenters. The van der Waals surface area contributed by atoms with Crippen LogP contribution in [0.15, 0.2) is 52.4 Å². The largest absolute Gasteiger partial charge is 0.493 e. The molecule has 0 radical (unpaired) electrons. The molecule has 1 aromatic heterocycles. The minimum atomic E-state index is -0.502. The summed E-state index contributed by atoms with van der Waals surface area (Å²) in [6.45, 7) is 4.58. The average molecular weight is 394 g/mol. The smallest absolute Gasteiger partial charge is 0.292 e. The van der Waals surface area contributed by atoms with Crippen molar-refractivity contribution < 1.29 is 14.3 Å². The molecule has 3 aromatic rings. The molecule has 1 N–H and O–H groups in total. The summed E-state index contributed by atoms with van der Waals surface area (Å²) in [5.74, 6) is 0.705. The van der Waals surface area contributed by atoms with Gasteiger partial charge >= 0.3 is 0 Å². The van der Waals surface area contributed by atoms with Crippen molar-refractivity contribution in [2.75, 3.05) is 13.7 Å². The third-order valence-electron chi connectivity index (χ3n) is 4.25. The van der Waals surface area contributed by atoms with E-state index in [1.165, 1.54) is 10.9 Å². The van der Waals surface area contributed by atoms with E-state index >= 15 is 0 Å². The molecule has 3 rings (SSSR count). The standard InChI is InChI=1S/C21H22N4O4/c1-4-25-21(27)16-9-7-6-8-15(16)19(24-25)20(26)23-22-13-14-10-11-17(29-5-2)18(12-14)28-3/h6-13H,4-5H2,1-3H3,(H,23,26)/b22-13-. The number of hydrogen-bond acceptors (Lipinski definition) is 6. The molecule has 150 valence electrons. The molecule has 2 aromatic carbocycles. The summed E-state index contributed by atoms with van der Waals surface area (Å²) in [6.07, 6.45) is 1.49. The zero-order valence-corrected chi connectivity index (χ0v) is 16.5. The zero-order chi connectivity index (χ0) is 20.8. The highest BCUT2D eigenvalue weighted by Crippen LogP contribution is 2.27. The van der Waals surface area contributed by atoms with Crippen LogP contribution in [0.3, 0.4) is 0 Å². The lowest BCUT2D eigenvalue weighted by molar-refractivity contribution is 0.0949. The molecular formula is C21H22N4O4. The predicted octanol–water partition coefficient (Wildman–Crippen LogP) is 2.59. The average Bonchev–Trinajstić information content (AvgIpc) is 2.75. The van der Waals surface area contributed by atoms with Gasteiger partial charge in [-0.2, -0.15) is 10.2 Å². The van der Waals surface area contributed by atoms with E-state index < -0.39 is 5.91 Å². The van der Waals surface area contributed by atoms with E-state index in [0.29, 0.717) is 35.4 Å². The van der Waals surface area contributed by atoms with Gasteiger partial charge in [0.2, 0.25) is 0 Å². The van der Waals surface area contributed by atoms with E-state index in [4.69, 9.17) is 9.47 Å². The number of hydrogen-bond donors (Lipinski definition) is 1. The number of nitrogens with one attached hydrogen (secondary N) is 1. The number of methoxy groups -OCH3 is 1. The molecular weight excluding hydrogens is 372 g/mol. The van der Waals surface area contributed by atoms with E-state index in [2.05, 4.69) is 15.6 Å². The molecule has 1 amide bonds. The fraction of sp³-hybridized carbons (Fsp3) is 0.238. The molecule has 29 heavy (non-hydrogen) atoms. The quantitative estimate of drug-likeness (QED) is 0.491. The maximum atomic E-state index is 12.6. The lowest BCUT2D eigenvalue weighted by Gasteiger charge is -2.09. The van der Waals surface area contributed by atoms with E-state index in [1.54, 1.807) is 56.5 Å². The van der Waals surface area contributed by atoms with Crippen LogP contribution < -0.4 is 20.5 Å². The highest BCUT2D eigenvalue weighted by Gasteiger charge is 2.15. The summed E-state index contributed by atoms with van der Waals surface area (Å²) in [4.78, 5) is 25.0. The number of carbonyl (C=O) groups excluding carboxylic acids is 1. The van der Waals surface area contributed by atoms with E-state index in [1.807, 2.05) is 6.92 Å². The number of amides is 1. The number of fused-ring (bicyclic) bond motifs is 1. The van der Waals surface area contributed by atoms with Crippen molar-refractivity contribution in [2.24, 2.45) is 5.10 Å². The molecule has 0 saturated carbocycles. The number of rotatable bonds is 7. The van der Waals surface area contributed by atoms with Gasteiger partial charge in [-0.25, -0.2) is 10.1 Å². The van der Waals surface area contributed by atoms with Crippen molar-refractivity contribution in [3.63, 3.8) is 0 Å². The monoisotopic (exact) mass is 394 g/mol. The first kappa shape index (κ1) is 20.1. The van der Waals surface area contributed by atoms with Crippen LogP contribution in [0.2, 0.25) is 0 Å². The Hall–Kier alpha value is -3.68. The summed E-state index contributed by atoms with van der Waals surface area (Å²) < 4.78 is 12.0. The highest BCUT2D eigenvalue weighted by atomic mass is 16.5. The van der Waals surface area contributed by atoms with E-state index in [-0.39, 0.29) is 11.3 Å². The molecule has 0 aliphatic rings. The van der Waals surface area contributed by atoms with Crippen LogP contribution >= 0.6 is 0 Å². The molecule has 1 heterocycles. The normalized spacial score (nSPS) is 11.0. The number of benzene rings is 2. The molecule has 0 bridgehead atoms. The van der Waals surface area contributed by atoms with E-state index in [9.17, 15) is 9.59 Å². The Bertz CT molecular complexity index is 1120. The SMILES string of the molecule is CCOc1ccc(/C=N\NC(=O)c2nn(CC)c(=O)c3ccccc23)cc1OC. The second kappa shape index (κ2) is 9.01. The van der Waals surface area contributed by atoms with Gasteiger partial charge in [-0.3, -0.25) is 9.59 Å². The first-order valence-corrected chi connectivity index (χ1v) is 9.23. The third kappa shape index (κ3) is 4.26. The Balaban J connectivity index is 1.84. The van der Waals surface area contributed by atoms with Crippen molar-refractivity contribution in [3.8, 4) is 11.5 Å². The van der Waals surface area contributed by atoms with Crippen molar-refractivity contribution >= 4 is 22.9 Å². The number of nitrogens with zero attached hydrogens (tertiary/aromatic N) is 3. The number of hydrazone groups is 1. The Labute approximate surface area is 167 Å². The molecule has 0 fully saturated rings. The molecule has 0 aliphatic heterocycles. The lowest BCUT2D eigenvalue weighted by Crippen LogP contribution is -2.28. The van der Waals surface area contributed by atoms with Gasteiger partial charge < -0.3 is 9.47 Å². The molecule has 0 unspecified atom stereocenters. The second-order valence-corrected chi connectivity index (χ2v) is 6.06. The number of ether oxygens (including phenoxy) is 2. The Morgan fingerprint density at radius 3 is 2.62 bits per heavy atom. The number of aromatic nitrogens is 2. The van der Waals surface area contributed by atoms with Gasteiger partial charge in [0.05, 0.1) is 25.3 Å². The summed E-state index contributed by atoms with van der Waals surface area (Å²) in [5, 5.41) is 9.11. The zero-order valence-electron chi connectivity index (χ0n) is 16.5. The van der Waals surface area contributed by atoms with Gasteiger partial charge in [-0.05, 0) is 43.7 Å². The van der Waals surface area contributed by atoms with E-state index in [0.717, 1.165) is 5.56 Å². The highest BCUT2D eigenvalue weighted by molar-refractivity contribution is 6.04. The molecule has 0 spiro atoms. The van der Waals surface area contributed by atoms with Crippen molar-refractivity contribution in [1.82, 2.24) is 15.2 Å². The fourth-order valence-electron chi connectivity index (χ4n) is 2.87. The molecule has 0 aliphatic carbocycles. The fourth-order valence-corrected chi connectivity index (χ4v) is 2.87. The van der Waals surface area contributed by atoms with Crippen molar-refractivity contribution in [1.29, 1.82) is 0 Å². The van der Waals surface area contributed by atoms with Gasteiger partial charge in [0.15, 0.2) is 17.2 Å². The minimum absolute atomic E-state index is 0.142. The predicted molar refractivity (Wildman–Crippen MR) is 111 cm³/mol. The maximum absolute atomic E-state index is 12.6. The molecule has 8 nitrogen and oxygen atoms in total. The van der Waals surface area contributed by atoms with Crippen LogP contribution in [0.4, 0.5) is 0 Å². The van der Waals surface area contributed by atoms with Gasteiger partial charge in [0.25, 0.3) is 11.5 Å². The third-order valence-corrected chi connectivity index (χ3v) is 4.25. The Morgan fingerprint density at radius 2 is 1.93 bits per heavy atom. The number of carbonyl (C=O) groups is 1.